The number of carbonyl (C=O) groups excluding carboxylic acids is 2. The van der Waals surface area contributed by atoms with Crippen LogP contribution < -0.4 is 4.74 Å². The number of amides is 2. The fourth-order valence-corrected chi connectivity index (χ4v) is 2.99. The first-order chi connectivity index (χ1) is 13.5. The van der Waals surface area contributed by atoms with E-state index in [9.17, 15) is 9.59 Å². The molecular weight excluding hydrogens is 358 g/mol. The molecule has 4 rings (SSSR count). The van der Waals surface area contributed by atoms with Gasteiger partial charge < -0.3 is 14.5 Å². The first kappa shape index (κ1) is 19.9. The van der Waals surface area contributed by atoms with E-state index < -0.39 is 0 Å². The summed E-state index contributed by atoms with van der Waals surface area (Å²) in [6.07, 6.45) is 4.12. The van der Waals surface area contributed by atoms with Crippen LogP contribution in [0.2, 0.25) is 0 Å². The van der Waals surface area contributed by atoms with Crippen molar-refractivity contribution < 1.29 is 14.3 Å². The van der Waals surface area contributed by atoms with Crippen LogP contribution in [0.1, 0.15) is 24.1 Å². The first-order valence-corrected chi connectivity index (χ1v) is 9.60. The molecule has 0 saturated heterocycles. The molecule has 8 nitrogen and oxygen atoms in total. The Kier molecular flexibility index (Phi) is 6.62. The maximum absolute atomic E-state index is 12.4. The van der Waals surface area contributed by atoms with Gasteiger partial charge in [0, 0.05) is 39.8 Å². The summed E-state index contributed by atoms with van der Waals surface area (Å²) < 4.78 is 7.50. The molecule has 2 amide bonds. The summed E-state index contributed by atoms with van der Waals surface area (Å²) in [5, 5.41) is 8.27. The Bertz CT molecular complexity index is 802. The molecule has 0 fully saturated rings. The third-order valence-corrected chi connectivity index (χ3v) is 4.90. The number of carbonyl (C=O) groups is 2. The van der Waals surface area contributed by atoms with Crippen LogP contribution in [0, 0.1) is 0 Å². The largest absolute Gasteiger partial charge is 0.492 e. The number of rotatable bonds is 0. The summed E-state index contributed by atoms with van der Waals surface area (Å²) in [6, 6.07) is 7.56. The zero-order valence-electron chi connectivity index (χ0n) is 16.5. The molecule has 8 heteroatoms. The molecule has 150 valence electrons. The van der Waals surface area contributed by atoms with E-state index in [0.717, 1.165) is 23.4 Å². The molecule has 0 N–H and O–H groups in total. The van der Waals surface area contributed by atoms with Gasteiger partial charge >= 0.3 is 0 Å². The van der Waals surface area contributed by atoms with Gasteiger partial charge in [0.15, 0.2) is 0 Å². The van der Waals surface area contributed by atoms with E-state index in [-0.39, 0.29) is 11.8 Å². The molecule has 0 spiro atoms. The second kappa shape index (κ2) is 9.34. The number of hydrogen-bond acceptors (Lipinski definition) is 5. The fourth-order valence-electron chi connectivity index (χ4n) is 2.99. The normalized spacial score (nSPS) is 17.5. The second-order valence-corrected chi connectivity index (χ2v) is 7.13. The van der Waals surface area contributed by atoms with Crippen LogP contribution in [0.4, 0.5) is 0 Å². The van der Waals surface area contributed by atoms with Crippen LogP contribution in [0.15, 0.2) is 30.5 Å². The zero-order chi connectivity index (χ0) is 19.9. The average Bonchev–Trinajstić information content (AvgIpc) is 3.14. The van der Waals surface area contributed by atoms with Crippen molar-refractivity contribution in [1.29, 1.82) is 0 Å². The van der Waals surface area contributed by atoms with Gasteiger partial charge in [-0.15, -0.1) is 5.10 Å². The molecule has 28 heavy (non-hydrogen) atoms. The Hall–Kier alpha value is -2.90. The van der Waals surface area contributed by atoms with Crippen molar-refractivity contribution in [3.63, 3.8) is 0 Å². The van der Waals surface area contributed by atoms with Gasteiger partial charge in [0.05, 0.1) is 18.7 Å². The number of aryl methyl sites for hydroxylation is 1. The maximum atomic E-state index is 12.4. The van der Waals surface area contributed by atoms with Crippen molar-refractivity contribution in [2.45, 2.75) is 32.2 Å². The minimum absolute atomic E-state index is 0.0310. The lowest BCUT2D eigenvalue weighted by Crippen LogP contribution is -2.37. The van der Waals surface area contributed by atoms with Gasteiger partial charge in [-0.25, -0.2) is 4.68 Å². The van der Waals surface area contributed by atoms with Crippen LogP contribution in [0.5, 0.6) is 5.75 Å². The summed E-state index contributed by atoms with van der Waals surface area (Å²) in [4.78, 5) is 28.1. The van der Waals surface area contributed by atoms with Crippen LogP contribution in [0.25, 0.3) is 0 Å². The molecule has 1 aromatic heterocycles. The van der Waals surface area contributed by atoms with E-state index in [2.05, 4.69) is 10.3 Å². The summed E-state index contributed by atoms with van der Waals surface area (Å²) in [5.41, 5.74) is 1.81. The molecular formula is C20H27N5O3. The SMILES string of the molecule is CN1CCN(C)C(=O)Cc2ccc(cc2)OCCn2cc(nn2)CCCC1=O. The van der Waals surface area contributed by atoms with Crippen molar-refractivity contribution in [2.24, 2.45) is 0 Å². The molecule has 3 heterocycles. The summed E-state index contributed by atoms with van der Waals surface area (Å²) in [6.45, 7) is 2.10. The van der Waals surface area contributed by atoms with Gasteiger partial charge in [0.2, 0.25) is 11.8 Å². The molecule has 2 aliphatic heterocycles. The van der Waals surface area contributed by atoms with E-state index in [1.807, 2.05) is 30.5 Å². The lowest BCUT2D eigenvalue weighted by molar-refractivity contribution is -0.133. The number of aromatic nitrogens is 3. The minimum Gasteiger partial charge on any atom is -0.492 e. The lowest BCUT2D eigenvalue weighted by atomic mass is 10.1. The molecule has 2 aliphatic rings. The number of hydrogen-bond donors (Lipinski definition) is 0. The monoisotopic (exact) mass is 385 g/mol. The highest BCUT2D eigenvalue weighted by atomic mass is 16.5. The van der Waals surface area contributed by atoms with Crippen LogP contribution in [-0.2, 0) is 29.0 Å². The van der Waals surface area contributed by atoms with Crippen molar-refractivity contribution in [3.05, 3.63) is 41.7 Å². The third-order valence-electron chi connectivity index (χ3n) is 4.90. The number of benzene rings is 1. The van der Waals surface area contributed by atoms with Gasteiger partial charge in [0.25, 0.3) is 0 Å². The molecule has 0 aliphatic carbocycles. The molecule has 0 radical (unpaired) electrons. The van der Waals surface area contributed by atoms with E-state index in [0.29, 0.717) is 45.5 Å². The number of nitrogens with zero attached hydrogens (tertiary/aromatic N) is 5. The maximum Gasteiger partial charge on any atom is 0.226 e. The van der Waals surface area contributed by atoms with Gasteiger partial charge in [0.1, 0.15) is 12.4 Å². The van der Waals surface area contributed by atoms with E-state index in [1.54, 1.807) is 28.6 Å². The smallest absolute Gasteiger partial charge is 0.226 e. The Morgan fingerprint density at radius 3 is 2.39 bits per heavy atom. The number of likely N-dealkylation sites (N-methyl/N-ethyl adjacent to an activating group) is 2. The third kappa shape index (κ3) is 5.55. The molecule has 0 saturated carbocycles. The highest BCUT2D eigenvalue weighted by Gasteiger charge is 2.14. The second-order valence-electron chi connectivity index (χ2n) is 7.13. The molecule has 1 aromatic carbocycles. The van der Waals surface area contributed by atoms with Gasteiger partial charge in [-0.2, -0.15) is 0 Å². The van der Waals surface area contributed by atoms with E-state index >= 15 is 0 Å². The summed E-state index contributed by atoms with van der Waals surface area (Å²) in [5.74, 6) is 0.870. The number of fused-ring (bicyclic) bond motifs is 13. The predicted molar refractivity (Wildman–Crippen MR) is 104 cm³/mol. The van der Waals surface area contributed by atoms with Crippen molar-refractivity contribution in [1.82, 2.24) is 24.8 Å². The zero-order valence-corrected chi connectivity index (χ0v) is 16.5. The number of ether oxygens (including phenoxy) is 1. The summed E-state index contributed by atoms with van der Waals surface area (Å²) in [7, 11) is 3.55. The van der Waals surface area contributed by atoms with Gasteiger partial charge in [-0.05, 0) is 30.5 Å². The molecule has 0 unspecified atom stereocenters. The predicted octanol–water partition coefficient (Wildman–Crippen LogP) is 1.15. The highest BCUT2D eigenvalue weighted by molar-refractivity contribution is 5.79. The quantitative estimate of drug-likeness (QED) is 0.680. The van der Waals surface area contributed by atoms with Crippen LogP contribution in [-0.4, -0.2) is 70.4 Å². The van der Waals surface area contributed by atoms with Gasteiger partial charge in [-0.1, -0.05) is 17.3 Å². The first-order valence-electron chi connectivity index (χ1n) is 9.60. The van der Waals surface area contributed by atoms with Crippen LogP contribution in [0.3, 0.4) is 0 Å². The fraction of sp³-hybridized carbons (Fsp3) is 0.500. The summed E-state index contributed by atoms with van der Waals surface area (Å²) >= 11 is 0. The van der Waals surface area contributed by atoms with Crippen molar-refractivity contribution in [2.75, 3.05) is 33.8 Å². The average molecular weight is 385 g/mol. The molecule has 4 bridgehead atoms. The Morgan fingerprint density at radius 1 is 0.929 bits per heavy atom. The lowest BCUT2D eigenvalue weighted by Gasteiger charge is -2.22. The van der Waals surface area contributed by atoms with Crippen molar-refractivity contribution in [3.8, 4) is 5.75 Å². The standard InChI is InChI=1S/C20H27N5O3/c1-23-10-11-24(2)20(27)14-16-6-8-18(9-7-16)28-13-12-25-15-17(21-22-25)4-3-5-19(23)26/h6-9,15H,3-5,10-14H2,1-2H3. The van der Waals surface area contributed by atoms with E-state index in [4.69, 9.17) is 4.74 Å². The van der Waals surface area contributed by atoms with E-state index in [1.165, 1.54) is 0 Å². The highest BCUT2D eigenvalue weighted by Crippen LogP contribution is 2.13. The molecule has 0 atom stereocenters. The minimum atomic E-state index is 0.0310. The topological polar surface area (TPSA) is 80.6 Å². The Balaban J connectivity index is 1.69. The van der Waals surface area contributed by atoms with Crippen molar-refractivity contribution >= 4 is 11.8 Å². The Labute approximate surface area is 165 Å². The Morgan fingerprint density at radius 2 is 1.64 bits per heavy atom. The van der Waals surface area contributed by atoms with Gasteiger partial charge in [-0.3, -0.25) is 9.59 Å². The molecule has 2 aromatic rings. The van der Waals surface area contributed by atoms with Crippen LogP contribution >= 0.6 is 0 Å².